The van der Waals surface area contributed by atoms with Gasteiger partial charge in [0.2, 0.25) is 0 Å². The van der Waals surface area contributed by atoms with Crippen LogP contribution in [0, 0.1) is 5.92 Å². The third-order valence-corrected chi connectivity index (χ3v) is 4.32. The lowest BCUT2D eigenvalue weighted by molar-refractivity contribution is -0.124. The second kappa shape index (κ2) is 4.01. The van der Waals surface area contributed by atoms with Crippen LogP contribution in [0.3, 0.4) is 0 Å². The number of ether oxygens (including phenoxy) is 1. The van der Waals surface area contributed by atoms with Gasteiger partial charge in [0.25, 0.3) is 0 Å². The maximum atomic E-state index is 10.7. The summed E-state index contributed by atoms with van der Waals surface area (Å²) in [6.45, 7) is 0.782. The molecular weight excluding hydrogens is 184 g/mol. The third-order valence-electron chi connectivity index (χ3n) is 3.01. The highest BCUT2D eigenvalue weighted by Crippen LogP contribution is 2.38. The lowest BCUT2D eigenvalue weighted by Gasteiger charge is -2.41. The first-order valence-corrected chi connectivity index (χ1v) is 6.17. The van der Waals surface area contributed by atoms with Gasteiger partial charge in [-0.05, 0) is 31.4 Å². The Labute approximate surface area is 83.4 Å². The van der Waals surface area contributed by atoms with Gasteiger partial charge in [-0.15, -0.1) is 0 Å². The van der Waals surface area contributed by atoms with Crippen molar-refractivity contribution in [3.05, 3.63) is 0 Å². The molecule has 0 aliphatic carbocycles. The molecule has 74 valence electrons. The predicted molar refractivity (Wildman–Crippen MR) is 54.0 cm³/mol. The molecule has 3 heteroatoms. The van der Waals surface area contributed by atoms with Crippen LogP contribution in [0.15, 0.2) is 0 Å². The van der Waals surface area contributed by atoms with E-state index in [0.29, 0.717) is 0 Å². The number of hydrogen-bond donors (Lipinski definition) is 0. The van der Waals surface area contributed by atoms with Gasteiger partial charge in [0.1, 0.15) is 6.29 Å². The zero-order valence-electron chi connectivity index (χ0n) is 7.83. The van der Waals surface area contributed by atoms with Gasteiger partial charge in [0.05, 0.1) is 5.60 Å². The van der Waals surface area contributed by atoms with Crippen molar-refractivity contribution in [3.8, 4) is 0 Å². The van der Waals surface area contributed by atoms with Crippen molar-refractivity contribution >= 4 is 18.0 Å². The van der Waals surface area contributed by atoms with Crippen LogP contribution in [0.5, 0.6) is 0 Å². The average Bonchev–Trinajstić information content (AvgIpc) is 2.19. The van der Waals surface area contributed by atoms with Gasteiger partial charge in [0.15, 0.2) is 0 Å². The fourth-order valence-electron chi connectivity index (χ4n) is 2.28. The van der Waals surface area contributed by atoms with Crippen LogP contribution in [0.2, 0.25) is 0 Å². The van der Waals surface area contributed by atoms with Gasteiger partial charge < -0.3 is 9.53 Å². The van der Waals surface area contributed by atoms with Crippen molar-refractivity contribution in [2.45, 2.75) is 31.3 Å². The number of thioether (sulfide) groups is 1. The summed E-state index contributed by atoms with van der Waals surface area (Å²) in [7, 11) is 0. The summed E-state index contributed by atoms with van der Waals surface area (Å²) in [6.07, 6.45) is 5.41. The molecular formula is C10H16O2S. The highest BCUT2D eigenvalue weighted by atomic mass is 32.2. The first-order valence-electron chi connectivity index (χ1n) is 5.02. The molecule has 2 saturated heterocycles. The predicted octanol–water partition coefficient (Wildman–Crippen LogP) is 1.88. The Morgan fingerprint density at radius 1 is 1.54 bits per heavy atom. The van der Waals surface area contributed by atoms with Crippen LogP contribution in [0.4, 0.5) is 0 Å². The molecule has 2 rings (SSSR count). The van der Waals surface area contributed by atoms with E-state index in [1.54, 1.807) is 0 Å². The summed E-state index contributed by atoms with van der Waals surface area (Å²) in [4.78, 5) is 10.7. The van der Waals surface area contributed by atoms with E-state index in [2.05, 4.69) is 0 Å². The monoisotopic (exact) mass is 200 g/mol. The van der Waals surface area contributed by atoms with Crippen LogP contribution in [-0.2, 0) is 9.53 Å². The Morgan fingerprint density at radius 3 is 3.15 bits per heavy atom. The van der Waals surface area contributed by atoms with Crippen molar-refractivity contribution < 1.29 is 9.53 Å². The molecule has 2 aliphatic rings. The SMILES string of the molecule is O=CC1CCOC2(CCCSC2)C1. The molecule has 0 bridgehead atoms. The first-order chi connectivity index (χ1) is 6.35. The molecule has 2 unspecified atom stereocenters. The number of aldehydes is 1. The second-order valence-corrected chi connectivity index (χ2v) is 5.18. The maximum Gasteiger partial charge on any atom is 0.123 e. The van der Waals surface area contributed by atoms with Crippen LogP contribution in [0.25, 0.3) is 0 Å². The molecule has 0 amide bonds. The Bertz CT molecular complexity index is 182. The third kappa shape index (κ3) is 2.08. The van der Waals surface area contributed by atoms with E-state index in [4.69, 9.17) is 4.74 Å². The summed E-state index contributed by atoms with van der Waals surface area (Å²) in [6, 6.07) is 0. The number of carbonyl (C=O) groups excluding carboxylic acids is 1. The molecule has 0 aromatic heterocycles. The molecule has 2 heterocycles. The summed E-state index contributed by atoms with van der Waals surface area (Å²) in [5, 5.41) is 0. The molecule has 2 nitrogen and oxygen atoms in total. The van der Waals surface area contributed by atoms with Gasteiger partial charge in [-0.1, -0.05) is 0 Å². The van der Waals surface area contributed by atoms with E-state index >= 15 is 0 Å². The van der Waals surface area contributed by atoms with Crippen LogP contribution in [0.1, 0.15) is 25.7 Å². The highest BCUT2D eigenvalue weighted by Gasteiger charge is 2.38. The minimum absolute atomic E-state index is 0.0622. The topological polar surface area (TPSA) is 26.3 Å². The van der Waals surface area contributed by atoms with Crippen molar-refractivity contribution in [1.29, 1.82) is 0 Å². The highest BCUT2D eigenvalue weighted by molar-refractivity contribution is 7.99. The van der Waals surface area contributed by atoms with Gasteiger partial charge in [-0.3, -0.25) is 0 Å². The van der Waals surface area contributed by atoms with Crippen molar-refractivity contribution in [1.82, 2.24) is 0 Å². The van der Waals surface area contributed by atoms with Crippen molar-refractivity contribution in [2.75, 3.05) is 18.1 Å². The molecule has 1 spiro atoms. The van der Waals surface area contributed by atoms with Gasteiger partial charge in [-0.25, -0.2) is 0 Å². The quantitative estimate of drug-likeness (QED) is 0.604. The Kier molecular flexibility index (Phi) is 2.94. The Morgan fingerprint density at radius 2 is 2.46 bits per heavy atom. The minimum atomic E-state index is 0.0622. The summed E-state index contributed by atoms with van der Waals surface area (Å²) >= 11 is 1.97. The largest absolute Gasteiger partial charge is 0.374 e. The standard InChI is InChI=1S/C10H16O2S/c11-7-9-2-4-12-10(6-9)3-1-5-13-8-10/h7,9H,1-6,8H2. The molecule has 0 radical (unpaired) electrons. The van der Waals surface area contributed by atoms with E-state index in [1.807, 2.05) is 11.8 Å². The summed E-state index contributed by atoms with van der Waals surface area (Å²) in [5.41, 5.74) is 0.0622. The first kappa shape index (κ1) is 9.53. The zero-order valence-corrected chi connectivity index (χ0v) is 8.65. The lowest BCUT2D eigenvalue weighted by atomic mass is 9.84. The molecule has 0 aromatic carbocycles. The summed E-state index contributed by atoms with van der Waals surface area (Å²) in [5.74, 6) is 2.61. The molecule has 2 atom stereocenters. The molecule has 13 heavy (non-hydrogen) atoms. The second-order valence-electron chi connectivity index (χ2n) is 4.08. The Hall–Kier alpha value is -0.0200. The minimum Gasteiger partial charge on any atom is -0.374 e. The molecule has 0 saturated carbocycles. The van der Waals surface area contributed by atoms with Gasteiger partial charge >= 0.3 is 0 Å². The fourth-order valence-corrected chi connectivity index (χ4v) is 3.49. The molecule has 0 N–H and O–H groups in total. The van der Waals surface area contributed by atoms with Crippen LogP contribution in [-0.4, -0.2) is 30.0 Å². The maximum absolute atomic E-state index is 10.7. The zero-order chi connectivity index (χ0) is 9.15. The van der Waals surface area contributed by atoms with Gasteiger partial charge in [0, 0.05) is 18.3 Å². The number of carbonyl (C=O) groups is 1. The smallest absolute Gasteiger partial charge is 0.123 e. The van der Waals surface area contributed by atoms with E-state index in [-0.39, 0.29) is 11.5 Å². The average molecular weight is 200 g/mol. The van der Waals surface area contributed by atoms with E-state index in [1.165, 1.54) is 12.2 Å². The number of rotatable bonds is 1. The number of hydrogen-bond acceptors (Lipinski definition) is 3. The molecule has 0 aromatic rings. The fraction of sp³-hybridized carbons (Fsp3) is 0.900. The normalized spacial score (nSPS) is 40.5. The molecule has 2 fully saturated rings. The van der Waals surface area contributed by atoms with Crippen LogP contribution < -0.4 is 0 Å². The Balaban J connectivity index is 1.99. The van der Waals surface area contributed by atoms with Crippen molar-refractivity contribution in [3.63, 3.8) is 0 Å². The van der Waals surface area contributed by atoms with Crippen LogP contribution >= 0.6 is 11.8 Å². The van der Waals surface area contributed by atoms with Crippen molar-refractivity contribution in [2.24, 2.45) is 5.92 Å². The van der Waals surface area contributed by atoms with E-state index in [9.17, 15) is 4.79 Å². The van der Waals surface area contributed by atoms with E-state index in [0.717, 1.165) is 37.9 Å². The van der Waals surface area contributed by atoms with Gasteiger partial charge in [-0.2, -0.15) is 11.8 Å². The molecule has 2 aliphatic heterocycles. The lowest BCUT2D eigenvalue weighted by Crippen LogP contribution is -2.44. The van der Waals surface area contributed by atoms with E-state index < -0.39 is 0 Å². The summed E-state index contributed by atoms with van der Waals surface area (Å²) < 4.78 is 5.86.